The van der Waals surface area contributed by atoms with Crippen LogP contribution in [0.1, 0.15) is 25.5 Å². The molecule has 0 saturated heterocycles. The van der Waals surface area contributed by atoms with Crippen molar-refractivity contribution in [2.75, 3.05) is 6.61 Å². The molecule has 0 aromatic heterocycles. The molecule has 1 atom stereocenters. The Hall–Kier alpha value is -0.280. The molecule has 0 aliphatic carbocycles. The Kier molecular flexibility index (Phi) is 4.01. The zero-order valence-corrected chi connectivity index (χ0v) is 10.3. The Morgan fingerprint density at radius 3 is 2.47 bits per heavy atom. The summed E-state index contributed by atoms with van der Waals surface area (Å²) >= 11 is 11.8. The second-order valence-corrected chi connectivity index (χ2v) is 5.13. The number of halogens is 2. The van der Waals surface area contributed by atoms with Gasteiger partial charge in [0.2, 0.25) is 0 Å². The van der Waals surface area contributed by atoms with E-state index >= 15 is 0 Å². The minimum atomic E-state index is -0.405. The molecule has 84 valence electrons. The van der Waals surface area contributed by atoms with E-state index in [1.54, 1.807) is 18.2 Å². The summed E-state index contributed by atoms with van der Waals surface area (Å²) in [6.07, 6.45) is 0. The summed E-state index contributed by atoms with van der Waals surface area (Å²) in [4.78, 5) is 0. The van der Waals surface area contributed by atoms with Crippen LogP contribution < -0.4 is 5.73 Å². The molecule has 0 fully saturated rings. The van der Waals surface area contributed by atoms with Gasteiger partial charge >= 0.3 is 0 Å². The molecule has 3 N–H and O–H groups in total. The van der Waals surface area contributed by atoms with E-state index in [9.17, 15) is 5.11 Å². The highest BCUT2D eigenvalue weighted by atomic mass is 35.5. The Balaban J connectivity index is 3.06. The highest BCUT2D eigenvalue weighted by Crippen LogP contribution is 2.35. The van der Waals surface area contributed by atoms with E-state index < -0.39 is 5.41 Å². The number of aliphatic hydroxyl groups excluding tert-OH is 1. The predicted molar refractivity (Wildman–Crippen MR) is 64.3 cm³/mol. The second-order valence-electron chi connectivity index (χ2n) is 4.29. The summed E-state index contributed by atoms with van der Waals surface area (Å²) in [7, 11) is 0. The average molecular weight is 248 g/mol. The molecule has 0 unspecified atom stereocenters. The van der Waals surface area contributed by atoms with Gasteiger partial charge in [-0.15, -0.1) is 0 Å². The lowest BCUT2D eigenvalue weighted by Gasteiger charge is -2.30. The van der Waals surface area contributed by atoms with Gasteiger partial charge in [-0.1, -0.05) is 43.1 Å². The Morgan fingerprint density at radius 2 is 2.00 bits per heavy atom. The molecular formula is C11H15Cl2NO. The SMILES string of the molecule is CC(C)(CO)[C@H](N)c1ccc(Cl)cc1Cl. The van der Waals surface area contributed by atoms with E-state index in [1.807, 2.05) is 13.8 Å². The van der Waals surface area contributed by atoms with Crippen LogP contribution in [-0.2, 0) is 0 Å². The lowest BCUT2D eigenvalue weighted by atomic mass is 9.82. The third kappa shape index (κ3) is 2.85. The first-order chi connectivity index (χ1) is 6.88. The van der Waals surface area contributed by atoms with Gasteiger partial charge in [-0.2, -0.15) is 0 Å². The number of nitrogens with two attached hydrogens (primary N) is 1. The largest absolute Gasteiger partial charge is 0.396 e. The maximum Gasteiger partial charge on any atom is 0.0500 e. The van der Waals surface area contributed by atoms with Crippen molar-refractivity contribution in [3.8, 4) is 0 Å². The molecule has 1 aromatic carbocycles. The van der Waals surface area contributed by atoms with Crippen molar-refractivity contribution in [2.24, 2.45) is 11.1 Å². The van der Waals surface area contributed by atoms with Crippen LogP contribution in [0.5, 0.6) is 0 Å². The van der Waals surface area contributed by atoms with Crippen molar-refractivity contribution in [2.45, 2.75) is 19.9 Å². The predicted octanol–water partition coefficient (Wildman–Crippen LogP) is 3.01. The number of hydrogen-bond acceptors (Lipinski definition) is 2. The normalized spacial score (nSPS) is 14.0. The van der Waals surface area contributed by atoms with Gasteiger partial charge in [-0.3, -0.25) is 0 Å². The van der Waals surface area contributed by atoms with Crippen LogP contribution >= 0.6 is 23.2 Å². The van der Waals surface area contributed by atoms with Crippen LogP contribution in [0.4, 0.5) is 0 Å². The third-order valence-corrected chi connectivity index (χ3v) is 3.11. The topological polar surface area (TPSA) is 46.2 Å². The van der Waals surface area contributed by atoms with E-state index in [0.29, 0.717) is 10.0 Å². The van der Waals surface area contributed by atoms with E-state index in [-0.39, 0.29) is 12.6 Å². The monoisotopic (exact) mass is 247 g/mol. The second kappa shape index (κ2) is 4.71. The van der Waals surface area contributed by atoms with Crippen molar-refractivity contribution < 1.29 is 5.11 Å². The summed E-state index contributed by atoms with van der Waals surface area (Å²) < 4.78 is 0. The zero-order valence-electron chi connectivity index (χ0n) is 8.80. The van der Waals surface area contributed by atoms with Crippen LogP contribution in [-0.4, -0.2) is 11.7 Å². The van der Waals surface area contributed by atoms with Gasteiger partial charge in [0, 0.05) is 28.1 Å². The zero-order chi connectivity index (χ0) is 11.6. The van der Waals surface area contributed by atoms with Crippen molar-refractivity contribution in [3.05, 3.63) is 33.8 Å². The van der Waals surface area contributed by atoms with Crippen LogP contribution in [0.3, 0.4) is 0 Å². The van der Waals surface area contributed by atoms with Crippen molar-refractivity contribution in [1.29, 1.82) is 0 Å². The minimum Gasteiger partial charge on any atom is -0.396 e. The molecule has 0 bridgehead atoms. The van der Waals surface area contributed by atoms with Crippen LogP contribution in [0, 0.1) is 5.41 Å². The molecule has 1 rings (SSSR count). The fourth-order valence-corrected chi connectivity index (χ4v) is 1.80. The molecule has 0 heterocycles. The molecule has 1 aromatic rings. The summed E-state index contributed by atoms with van der Waals surface area (Å²) in [5.74, 6) is 0. The van der Waals surface area contributed by atoms with Crippen molar-refractivity contribution in [1.82, 2.24) is 0 Å². The van der Waals surface area contributed by atoms with Gasteiger partial charge < -0.3 is 10.8 Å². The Labute approximate surface area is 100.0 Å². The van der Waals surface area contributed by atoms with E-state index in [2.05, 4.69) is 0 Å². The number of hydrogen-bond donors (Lipinski definition) is 2. The van der Waals surface area contributed by atoms with Gasteiger partial charge in [-0.05, 0) is 17.7 Å². The Bertz CT molecular complexity index is 352. The molecule has 2 nitrogen and oxygen atoms in total. The highest BCUT2D eigenvalue weighted by Gasteiger charge is 2.28. The number of aliphatic hydroxyl groups is 1. The smallest absolute Gasteiger partial charge is 0.0500 e. The van der Waals surface area contributed by atoms with Gasteiger partial charge in [0.1, 0.15) is 0 Å². The van der Waals surface area contributed by atoms with Crippen LogP contribution in [0.25, 0.3) is 0 Å². The van der Waals surface area contributed by atoms with Gasteiger partial charge in [0.15, 0.2) is 0 Å². The van der Waals surface area contributed by atoms with Crippen LogP contribution in [0.2, 0.25) is 10.0 Å². The summed E-state index contributed by atoms with van der Waals surface area (Å²) in [6, 6.07) is 4.89. The number of benzene rings is 1. The van der Waals surface area contributed by atoms with Gasteiger partial charge in [0.25, 0.3) is 0 Å². The molecule has 15 heavy (non-hydrogen) atoms. The molecule has 0 saturated carbocycles. The van der Waals surface area contributed by atoms with Crippen molar-refractivity contribution in [3.63, 3.8) is 0 Å². The first-order valence-corrected chi connectivity index (χ1v) is 5.45. The number of rotatable bonds is 3. The first-order valence-electron chi connectivity index (χ1n) is 4.70. The Morgan fingerprint density at radius 1 is 1.40 bits per heavy atom. The maximum atomic E-state index is 9.22. The van der Waals surface area contributed by atoms with E-state index in [0.717, 1.165) is 5.56 Å². The van der Waals surface area contributed by atoms with Crippen molar-refractivity contribution >= 4 is 23.2 Å². The summed E-state index contributed by atoms with van der Waals surface area (Å²) in [5, 5.41) is 10.3. The molecule has 0 amide bonds. The minimum absolute atomic E-state index is 0.00707. The molecule has 0 aliphatic heterocycles. The summed E-state index contributed by atoms with van der Waals surface area (Å²) in [6.45, 7) is 3.79. The fraction of sp³-hybridized carbons (Fsp3) is 0.455. The lowest BCUT2D eigenvalue weighted by molar-refractivity contribution is 0.132. The summed E-state index contributed by atoms with van der Waals surface area (Å²) in [5.41, 5.74) is 6.45. The molecular weight excluding hydrogens is 233 g/mol. The molecule has 0 radical (unpaired) electrons. The molecule has 4 heteroatoms. The maximum absolute atomic E-state index is 9.22. The standard InChI is InChI=1S/C11H15Cl2NO/c1-11(2,6-15)10(14)8-4-3-7(12)5-9(8)13/h3-5,10,15H,6,14H2,1-2H3/t10-/m1/s1. The highest BCUT2D eigenvalue weighted by molar-refractivity contribution is 6.35. The third-order valence-electron chi connectivity index (χ3n) is 2.55. The first kappa shape index (κ1) is 12.8. The van der Waals surface area contributed by atoms with E-state index in [4.69, 9.17) is 28.9 Å². The van der Waals surface area contributed by atoms with Gasteiger partial charge in [-0.25, -0.2) is 0 Å². The molecule has 0 spiro atoms. The lowest BCUT2D eigenvalue weighted by Crippen LogP contribution is -2.32. The van der Waals surface area contributed by atoms with Gasteiger partial charge in [0.05, 0.1) is 0 Å². The fourth-order valence-electron chi connectivity index (χ4n) is 1.27. The quantitative estimate of drug-likeness (QED) is 0.863. The van der Waals surface area contributed by atoms with E-state index in [1.165, 1.54) is 0 Å². The van der Waals surface area contributed by atoms with Crippen LogP contribution in [0.15, 0.2) is 18.2 Å². The average Bonchev–Trinajstić information content (AvgIpc) is 2.17. The molecule has 0 aliphatic rings.